The van der Waals surface area contributed by atoms with E-state index in [0.29, 0.717) is 6.29 Å². The van der Waals surface area contributed by atoms with Crippen molar-refractivity contribution in [1.82, 2.24) is 0 Å². The summed E-state index contributed by atoms with van der Waals surface area (Å²) in [4.78, 5) is 20.4. The Morgan fingerprint density at radius 1 is 1.47 bits per heavy atom. The fourth-order valence-electron chi connectivity index (χ4n) is 1.34. The SMILES string of the molecule is CC(C=O)c1cccc([N+](=O)[O-])c1OC(F)F. The van der Waals surface area contributed by atoms with Crippen molar-refractivity contribution in [2.24, 2.45) is 0 Å². The van der Waals surface area contributed by atoms with Gasteiger partial charge in [-0.05, 0) is 0 Å². The molecule has 0 aliphatic heterocycles. The number of hydrogen-bond donors (Lipinski definition) is 0. The Labute approximate surface area is 95.2 Å². The third-order valence-corrected chi connectivity index (χ3v) is 2.12. The van der Waals surface area contributed by atoms with Gasteiger partial charge in [0.15, 0.2) is 0 Å². The number of rotatable bonds is 5. The standard InChI is InChI=1S/C10H9F2NO4/c1-6(5-14)7-3-2-4-8(13(15)16)9(7)17-10(11)12/h2-6,10H,1H3. The van der Waals surface area contributed by atoms with Gasteiger partial charge in [-0.25, -0.2) is 0 Å². The van der Waals surface area contributed by atoms with Crippen LogP contribution in [0.5, 0.6) is 5.75 Å². The molecule has 92 valence electrons. The van der Waals surface area contributed by atoms with Gasteiger partial charge in [0.25, 0.3) is 0 Å². The van der Waals surface area contributed by atoms with Crippen molar-refractivity contribution in [3.8, 4) is 5.75 Å². The fraction of sp³-hybridized carbons (Fsp3) is 0.300. The number of benzene rings is 1. The molecule has 0 radical (unpaired) electrons. The minimum atomic E-state index is -3.19. The maximum Gasteiger partial charge on any atom is 0.387 e. The molecule has 0 heterocycles. The highest BCUT2D eigenvalue weighted by Gasteiger charge is 2.24. The molecule has 1 aromatic rings. The number of para-hydroxylation sites is 1. The lowest BCUT2D eigenvalue weighted by Gasteiger charge is -2.12. The van der Waals surface area contributed by atoms with Crippen LogP contribution in [0.1, 0.15) is 18.4 Å². The highest BCUT2D eigenvalue weighted by atomic mass is 19.3. The first-order chi connectivity index (χ1) is 7.97. The molecule has 5 nitrogen and oxygen atoms in total. The van der Waals surface area contributed by atoms with Crippen LogP contribution in [0.4, 0.5) is 14.5 Å². The van der Waals surface area contributed by atoms with E-state index in [1.54, 1.807) is 0 Å². The Morgan fingerprint density at radius 2 is 2.12 bits per heavy atom. The van der Waals surface area contributed by atoms with E-state index in [1.165, 1.54) is 19.1 Å². The molecule has 0 bridgehead atoms. The summed E-state index contributed by atoms with van der Waals surface area (Å²) in [6.45, 7) is -1.75. The molecule has 1 atom stereocenters. The molecule has 1 rings (SSSR count). The van der Waals surface area contributed by atoms with E-state index in [0.717, 1.165) is 6.07 Å². The lowest BCUT2D eigenvalue weighted by molar-refractivity contribution is -0.386. The Kier molecular flexibility index (Phi) is 4.08. The molecular weight excluding hydrogens is 236 g/mol. The average Bonchev–Trinajstić information content (AvgIpc) is 2.27. The van der Waals surface area contributed by atoms with Crippen molar-refractivity contribution < 1.29 is 23.2 Å². The van der Waals surface area contributed by atoms with Crippen molar-refractivity contribution in [2.45, 2.75) is 19.5 Å². The van der Waals surface area contributed by atoms with Crippen molar-refractivity contribution in [3.05, 3.63) is 33.9 Å². The number of nitro groups is 1. The van der Waals surface area contributed by atoms with E-state index in [2.05, 4.69) is 4.74 Å². The molecule has 7 heteroatoms. The van der Waals surface area contributed by atoms with Gasteiger partial charge in [-0.15, -0.1) is 0 Å². The first-order valence-corrected chi connectivity index (χ1v) is 4.64. The third kappa shape index (κ3) is 2.96. The summed E-state index contributed by atoms with van der Waals surface area (Å²) >= 11 is 0. The Hall–Kier alpha value is -2.05. The monoisotopic (exact) mass is 245 g/mol. The van der Waals surface area contributed by atoms with Crippen LogP contribution in [0, 0.1) is 10.1 Å². The summed E-state index contributed by atoms with van der Waals surface area (Å²) in [5.74, 6) is -1.32. The molecular formula is C10H9F2NO4. The minimum absolute atomic E-state index is 0.0644. The molecule has 1 aromatic carbocycles. The van der Waals surface area contributed by atoms with Crippen LogP contribution in [0.15, 0.2) is 18.2 Å². The van der Waals surface area contributed by atoms with Gasteiger partial charge in [-0.1, -0.05) is 19.1 Å². The van der Waals surface area contributed by atoms with Crippen LogP contribution >= 0.6 is 0 Å². The predicted molar refractivity (Wildman–Crippen MR) is 54.2 cm³/mol. The van der Waals surface area contributed by atoms with Crippen LogP contribution in [0.3, 0.4) is 0 Å². The Morgan fingerprint density at radius 3 is 2.59 bits per heavy atom. The second-order valence-electron chi connectivity index (χ2n) is 3.26. The number of nitrogens with zero attached hydrogens (tertiary/aromatic N) is 1. The van der Waals surface area contributed by atoms with Crippen LogP contribution < -0.4 is 4.74 Å². The lowest BCUT2D eigenvalue weighted by atomic mass is 10.0. The van der Waals surface area contributed by atoms with Gasteiger partial charge in [0.1, 0.15) is 6.29 Å². The van der Waals surface area contributed by atoms with E-state index >= 15 is 0 Å². The van der Waals surface area contributed by atoms with E-state index in [9.17, 15) is 23.7 Å². The Bertz CT molecular complexity index is 436. The zero-order valence-corrected chi connectivity index (χ0v) is 8.80. The van der Waals surface area contributed by atoms with Gasteiger partial charge in [0.2, 0.25) is 5.75 Å². The predicted octanol–water partition coefficient (Wildman–Crippen LogP) is 2.50. The van der Waals surface area contributed by atoms with E-state index in [4.69, 9.17) is 0 Å². The van der Waals surface area contributed by atoms with Gasteiger partial charge in [0, 0.05) is 17.5 Å². The quantitative estimate of drug-likeness (QED) is 0.454. The van der Waals surface area contributed by atoms with Crippen LogP contribution in [-0.2, 0) is 4.79 Å². The van der Waals surface area contributed by atoms with E-state index in [1.807, 2.05) is 0 Å². The molecule has 0 saturated heterocycles. The number of hydrogen-bond acceptors (Lipinski definition) is 4. The van der Waals surface area contributed by atoms with Gasteiger partial charge in [-0.3, -0.25) is 10.1 Å². The number of halogens is 2. The average molecular weight is 245 g/mol. The van der Waals surface area contributed by atoms with Gasteiger partial charge in [0.05, 0.1) is 4.92 Å². The minimum Gasteiger partial charge on any atom is -0.427 e. The van der Waals surface area contributed by atoms with Crippen molar-refractivity contribution >= 4 is 12.0 Å². The summed E-state index contributed by atoms with van der Waals surface area (Å²) in [5.41, 5.74) is -0.522. The van der Waals surface area contributed by atoms with E-state index < -0.39 is 28.9 Å². The van der Waals surface area contributed by atoms with Crippen LogP contribution in [0.2, 0.25) is 0 Å². The molecule has 0 amide bonds. The zero-order valence-electron chi connectivity index (χ0n) is 8.80. The van der Waals surface area contributed by atoms with Crippen molar-refractivity contribution in [1.29, 1.82) is 0 Å². The molecule has 17 heavy (non-hydrogen) atoms. The zero-order chi connectivity index (χ0) is 13.0. The first-order valence-electron chi connectivity index (χ1n) is 4.64. The maximum absolute atomic E-state index is 12.2. The van der Waals surface area contributed by atoms with Crippen LogP contribution in [0.25, 0.3) is 0 Å². The summed E-state index contributed by atoms with van der Waals surface area (Å²) in [7, 11) is 0. The highest BCUT2D eigenvalue weighted by Crippen LogP contribution is 2.35. The number of ether oxygens (including phenoxy) is 1. The van der Waals surface area contributed by atoms with Crippen molar-refractivity contribution in [3.63, 3.8) is 0 Å². The largest absolute Gasteiger partial charge is 0.427 e. The van der Waals surface area contributed by atoms with Gasteiger partial charge < -0.3 is 9.53 Å². The molecule has 0 fully saturated rings. The van der Waals surface area contributed by atoms with Gasteiger partial charge >= 0.3 is 12.3 Å². The number of nitro benzene ring substituents is 1. The van der Waals surface area contributed by atoms with Gasteiger partial charge in [-0.2, -0.15) is 8.78 Å². The molecule has 0 spiro atoms. The number of alkyl halides is 2. The molecule has 1 unspecified atom stereocenters. The molecule has 0 N–H and O–H groups in total. The molecule has 0 aliphatic carbocycles. The normalized spacial score (nSPS) is 12.2. The summed E-state index contributed by atoms with van der Waals surface area (Å²) in [5, 5.41) is 10.7. The van der Waals surface area contributed by atoms with Crippen molar-refractivity contribution in [2.75, 3.05) is 0 Å². The molecule has 0 saturated carbocycles. The summed E-state index contributed by atoms with van der Waals surface area (Å²) in [6, 6.07) is 3.69. The first kappa shape index (κ1) is 13.0. The fourth-order valence-corrected chi connectivity index (χ4v) is 1.34. The second kappa shape index (κ2) is 5.33. The summed E-state index contributed by atoms with van der Waals surface area (Å²) in [6.07, 6.45) is 0.497. The maximum atomic E-state index is 12.2. The third-order valence-electron chi connectivity index (χ3n) is 2.12. The number of carbonyl (C=O) groups is 1. The topological polar surface area (TPSA) is 69.4 Å². The second-order valence-corrected chi connectivity index (χ2v) is 3.26. The molecule has 0 aliphatic rings. The van der Waals surface area contributed by atoms with E-state index in [-0.39, 0.29) is 5.56 Å². The summed E-state index contributed by atoms with van der Waals surface area (Å²) < 4.78 is 28.5. The number of aldehydes is 1. The smallest absolute Gasteiger partial charge is 0.387 e. The number of carbonyl (C=O) groups excluding carboxylic acids is 1. The van der Waals surface area contributed by atoms with Crippen LogP contribution in [-0.4, -0.2) is 17.8 Å². The molecule has 0 aromatic heterocycles. The Balaban J connectivity index is 3.33. The highest BCUT2D eigenvalue weighted by molar-refractivity contribution is 5.66. The lowest BCUT2D eigenvalue weighted by Crippen LogP contribution is -2.09.